The van der Waals surface area contributed by atoms with Gasteiger partial charge in [0.25, 0.3) is 0 Å². The molecule has 4 aromatic rings. The molecule has 0 saturated heterocycles. The molecule has 0 spiro atoms. The van der Waals surface area contributed by atoms with Crippen molar-refractivity contribution in [1.82, 2.24) is 4.98 Å². The van der Waals surface area contributed by atoms with Crippen LogP contribution in [0.4, 0.5) is 13.2 Å². The number of fused-ring (bicyclic) bond motifs is 1. The van der Waals surface area contributed by atoms with E-state index in [1.165, 1.54) is 4.40 Å². The maximum absolute atomic E-state index is 13.9. The molecule has 1 nitrogen and oxygen atoms in total. The van der Waals surface area contributed by atoms with Crippen LogP contribution >= 0.6 is 0 Å². The van der Waals surface area contributed by atoms with Crippen molar-refractivity contribution in [2.75, 3.05) is 0 Å². The second-order valence-corrected chi connectivity index (χ2v) is 20.1. The number of benzene rings is 3. The van der Waals surface area contributed by atoms with Gasteiger partial charge in [-0.2, -0.15) is 0 Å². The summed E-state index contributed by atoms with van der Waals surface area (Å²) in [6.07, 6.45) is -3.50. The number of hydrogen-bond donors (Lipinski definition) is 0. The molecule has 5 heteroatoms. The van der Waals surface area contributed by atoms with Crippen molar-refractivity contribution in [3.05, 3.63) is 83.6 Å². The maximum atomic E-state index is 13.9. The van der Waals surface area contributed by atoms with Gasteiger partial charge in [0.15, 0.2) is 0 Å². The van der Waals surface area contributed by atoms with Crippen molar-refractivity contribution >= 4 is 28.4 Å². The number of pyridine rings is 1. The molecule has 0 unspecified atom stereocenters. The Hall–Kier alpha value is -2.60. The van der Waals surface area contributed by atoms with E-state index < -0.39 is 25.0 Å². The number of alkyl halides is 3. The Kier molecular flexibility index (Phi) is 5.70. The van der Waals surface area contributed by atoms with Crippen molar-refractivity contribution in [2.24, 2.45) is 0 Å². The van der Waals surface area contributed by atoms with E-state index in [9.17, 15) is 13.2 Å². The van der Waals surface area contributed by atoms with Crippen LogP contribution in [0.3, 0.4) is 0 Å². The number of rotatable bonds is 3. The number of nitrogens with zero attached hydrogens (tertiary/aromatic N) is 1. The molecule has 3 aromatic carbocycles. The van der Waals surface area contributed by atoms with Crippen LogP contribution < -0.4 is 4.40 Å². The molecule has 4 rings (SSSR count). The normalized spacial score (nSPS) is 12.4. The fraction of sp³-hybridized carbons (Fsp3) is 0.222. The van der Waals surface area contributed by atoms with Crippen LogP contribution in [0.25, 0.3) is 33.2 Å². The zero-order chi connectivity index (χ0) is 23.3. The van der Waals surface area contributed by atoms with Gasteiger partial charge in [0.1, 0.15) is 0 Å². The molecule has 0 radical (unpaired) electrons. The average Bonchev–Trinajstić information content (AvgIpc) is 2.72. The summed E-state index contributed by atoms with van der Waals surface area (Å²) < 4.78 is 43.0. The Bertz CT molecular complexity index is 1320. The predicted octanol–water partition coefficient (Wildman–Crippen LogP) is 7.75. The molecule has 1 aromatic heterocycles. The van der Waals surface area contributed by atoms with Gasteiger partial charge in [-0.15, -0.1) is 0 Å². The summed E-state index contributed by atoms with van der Waals surface area (Å²) in [5.41, 5.74) is 3.37. The molecule has 0 atom stereocenters. The summed E-state index contributed by atoms with van der Waals surface area (Å²) in [6, 6.07) is 19.5. The van der Waals surface area contributed by atoms with Gasteiger partial charge >= 0.3 is 184 Å². The van der Waals surface area contributed by atoms with E-state index in [0.29, 0.717) is 11.3 Å². The number of halogens is 3. The molecule has 164 valence electrons. The molecule has 0 amide bonds. The van der Waals surface area contributed by atoms with Gasteiger partial charge in [0.05, 0.1) is 0 Å². The first kappa shape index (κ1) is 22.6. The monoisotopic (exact) mass is 495 g/mol. The molecule has 1 heterocycles. The number of aromatic nitrogens is 1. The second-order valence-electron chi connectivity index (χ2n) is 9.41. The average molecular weight is 494 g/mol. The Morgan fingerprint density at radius 3 is 2.16 bits per heavy atom. The van der Waals surface area contributed by atoms with Crippen molar-refractivity contribution in [2.45, 2.75) is 37.3 Å². The van der Waals surface area contributed by atoms with Crippen LogP contribution in [-0.2, 0) is 6.18 Å². The van der Waals surface area contributed by atoms with Gasteiger partial charge in [-0.05, 0) is 0 Å². The third kappa shape index (κ3) is 4.33. The summed E-state index contributed by atoms with van der Waals surface area (Å²) in [5.74, 6) is 6.84. The van der Waals surface area contributed by atoms with E-state index in [-0.39, 0.29) is 5.56 Å². The zero-order valence-electron chi connectivity index (χ0n) is 18.9. The summed E-state index contributed by atoms with van der Waals surface area (Å²) in [5, 5.41) is 2.17. The number of aryl methyl sites for hydroxylation is 2. The van der Waals surface area contributed by atoms with Gasteiger partial charge in [-0.3, -0.25) is 0 Å². The Balaban J connectivity index is 1.92. The summed E-state index contributed by atoms with van der Waals surface area (Å²) in [4.78, 5) is 4.23. The van der Waals surface area contributed by atoms with Crippen molar-refractivity contribution in [3.8, 4) is 22.4 Å². The van der Waals surface area contributed by atoms with Crippen molar-refractivity contribution in [3.63, 3.8) is 0 Å². The van der Waals surface area contributed by atoms with E-state index in [4.69, 9.17) is 0 Å². The third-order valence-corrected chi connectivity index (χ3v) is 10.2. The zero-order valence-corrected chi connectivity index (χ0v) is 21.0. The fourth-order valence-electron chi connectivity index (χ4n) is 4.14. The minimum absolute atomic E-state index is 0.179. The van der Waals surface area contributed by atoms with E-state index in [0.717, 1.165) is 33.7 Å². The van der Waals surface area contributed by atoms with Crippen LogP contribution in [0.2, 0.25) is 17.3 Å². The first-order chi connectivity index (χ1) is 14.9. The molecule has 32 heavy (non-hydrogen) atoms. The van der Waals surface area contributed by atoms with E-state index in [2.05, 4.69) is 28.3 Å². The SMILES string of the molecule is Cc1c[c]([Ge]([CH3])([CH3])[CH3])ccc1-c1cc(-c2cc(C)c3ccccc3c2)ncc1C(F)(F)F. The Morgan fingerprint density at radius 1 is 0.781 bits per heavy atom. The van der Waals surface area contributed by atoms with Crippen molar-refractivity contribution in [1.29, 1.82) is 0 Å². The molecule has 0 saturated carbocycles. The topological polar surface area (TPSA) is 12.9 Å². The molecular formula is C27H26F3GeN. The fourth-order valence-corrected chi connectivity index (χ4v) is 6.73. The first-order valence-electron chi connectivity index (χ1n) is 10.6. The van der Waals surface area contributed by atoms with Gasteiger partial charge in [-0.1, -0.05) is 6.07 Å². The van der Waals surface area contributed by atoms with Gasteiger partial charge < -0.3 is 0 Å². The van der Waals surface area contributed by atoms with Crippen LogP contribution in [-0.4, -0.2) is 18.3 Å². The standard InChI is InChI=1S/C27H26F3GeN/c1-17-12-20(14-19-8-6-7-9-22(17)19)26-15-24(25(16-32-26)27(28,29)30)23-11-10-21(13-18(23)2)31(3,4)5/h6-16H,1-5H3. The molecule has 0 N–H and O–H groups in total. The minimum atomic E-state index is -4.48. The van der Waals surface area contributed by atoms with Gasteiger partial charge in [-0.25, -0.2) is 0 Å². The summed E-state index contributed by atoms with van der Waals surface area (Å²) in [6.45, 7) is 3.91. The molecular weight excluding hydrogens is 468 g/mol. The van der Waals surface area contributed by atoms with E-state index >= 15 is 0 Å². The van der Waals surface area contributed by atoms with Crippen LogP contribution in [0.1, 0.15) is 16.7 Å². The second kappa shape index (κ2) is 8.07. The van der Waals surface area contributed by atoms with Crippen molar-refractivity contribution < 1.29 is 13.2 Å². The van der Waals surface area contributed by atoms with Crippen LogP contribution in [0, 0.1) is 13.8 Å². The predicted molar refractivity (Wildman–Crippen MR) is 130 cm³/mol. The Morgan fingerprint density at radius 2 is 1.50 bits per heavy atom. The van der Waals surface area contributed by atoms with E-state index in [1.807, 2.05) is 62.4 Å². The van der Waals surface area contributed by atoms with Crippen LogP contribution in [0.15, 0.2) is 66.9 Å². The summed E-state index contributed by atoms with van der Waals surface area (Å²) >= 11 is -2.09. The molecule has 0 aliphatic heterocycles. The van der Waals surface area contributed by atoms with Crippen LogP contribution in [0.5, 0.6) is 0 Å². The van der Waals surface area contributed by atoms with Gasteiger partial charge in [0, 0.05) is 0 Å². The summed E-state index contributed by atoms with van der Waals surface area (Å²) in [7, 11) is 0. The van der Waals surface area contributed by atoms with Gasteiger partial charge in [0.2, 0.25) is 0 Å². The molecule has 0 aliphatic rings. The van der Waals surface area contributed by atoms with E-state index in [1.54, 1.807) is 6.07 Å². The quantitative estimate of drug-likeness (QED) is 0.266. The molecule has 0 fully saturated rings. The molecule has 0 bridgehead atoms. The Labute approximate surface area is 189 Å². The molecule has 0 aliphatic carbocycles. The first-order valence-corrected chi connectivity index (χ1v) is 18.0. The third-order valence-electron chi connectivity index (χ3n) is 5.96. The number of hydrogen-bond acceptors (Lipinski definition) is 1.